The van der Waals surface area contributed by atoms with Gasteiger partial charge in [0.1, 0.15) is 5.76 Å². The highest BCUT2D eigenvalue weighted by Crippen LogP contribution is 2.45. The van der Waals surface area contributed by atoms with Crippen LogP contribution in [0.5, 0.6) is 0 Å². The summed E-state index contributed by atoms with van der Waals surface area (Å²) in [6.07, 6.45) is 7.40. The third-order valence-corrected chi connectivity index (χ3v) is 8.02. The summed E-state index contributed by atoms with van der Waals surface area (Å²) in [5.41, 5.74) is 4.59. The maximum Gasteiger partial charge on any atom is 0.281 e. The predicted octanol–water partition coefficient (Wildman–Crippen LogP) is 6.38. The van der Waals surface area contributed by atoms with Gasteiger partial charge in [-0.3, -0.25) is 10.0 Å². The van der Waals surface area contributed by atoms with E-state index in [1.807, 2.05) is 25.2 Å². The molecule has 1 rings (SSSR count). The van der Waals surface area contributed by atoms with Crippen LogP contribution in [-0.2, 0) is 21.4 Å². The van der Waals surface area contributed by atoms with Crippen molar-refractivity contribution in [2.24, 2.45) is 5.41 Å². The number of carbonyl (C=O) groups excluding carboxylic acids is 1. The molecule has 0 aliphatic heterocycles. The SMILES string of the molecule is C=C(OCC(=O)NO)/C(C)=C\C(=C/C)C(CC)(CC)c1cc(C)c(CCC(O)C(C)(C)C)s1. The molecule has 1 aromatic rings. The second-order valence-electron chi connectivity index (χ2n) is 9.74. The molecular weight excluding hydrogens is 434 g/mol. The maximum atomic E-state index is 11.3. The van der Waals surface area contributed by atoms with Crippen molar-refractivity contribution in [3.63, 3.8) is 0 Å². The van der Waals surface area contributed by atoms with Gasteiger partial charge in [-0.25, -0.2) is 5.48 Å². The maximum absolute atomic E-state index is 11.3. The summed E-state index contributed by atoms with van der Waals surface area (Å²) < 4.78 is 5.41. The van der Waals surface area contributed by atoms with Crippen LogP contribution in [0.25, 0.3) is 0 Å². The molecular formula is C27H43NO4S. The van der Waals surface area contributed by atoms with E-state index in [4.69, 9.17) is 9.94 Å². The summed E-state index contributed by atoms with van der Waals surface area (Å²) in [4.78, 5) is 13.9. The molecule has 186 valence electrons. The third-order valence-electron chi connectivity index (χ3n) is 6.52. The zero-order valence-electron chi connectivity index (χ0n) is 21.7. The van der Waals surface area contributed by atoms with Gasteiger partial charge >= 0.3 is 0 Å². The van der Waals surface area contributed by atoms with Crippen LogP contribution in [0.15, 0.2) is 41.7 Å². The first kappa shape index (κ1) is 29.1. The number of thiophene rings is 1. The van der Waals surface area contributed by atoms with Crippen LogP contribution in [0.4, 0.5) is 0 Å². The molecule has 0 saturated heterocycles. The number of hydrogen-bond acceptors (Lipinski definition) is 5. The topological polar surface area (TPSA) is 78.8 Å². The van der Waals surface area contributed by atoms with Gasteiger partial charge < -0.3 is 9.84 Å². The first-order valence-corrected chi connectivity index (χ1v) is 12.6. The first-order valence-electron chi connectivity index (χ1n) is 11.7. The average molecular weight is 478 g/mol. The molecule has 0 saturated carbocycles. The zero-order chi connectivity index (χ0) is 25.4. The molecule has 0 aliphatic carbocycles. The molecule has 1 unspecified atom stereocenters. The van der Waals surface area contributed by atoms with E-state index in [0.29, 0.717) is 5.76 Å². The Morgan fingerprint density at radius 1 is 1.30 bits per heavy atom. The Balaban J connectivity index is 3.22. The van der Waals surface area contributed by atoms with Crippen molar-refractivity contribution in [2.75, 3.05) is 6.61 Å². The number of hydrogen-bond donors (Lipinski definition) is 3. The Hall–Kier alpha value is -1.89. The number of amides is 1. The van der Waals surface area contributed by atoms with E-state index in [1.54, 1.807) is 5.48 Å². The van der Waals surface area contributed by atoms with Gasteiger partial charge in [0.15, 0.2) is 6.61 Å². The van der Waals surface area contributed by atoms with Crippen LogP contribution in [0.1, 0.15) is 83.0 Å². The zero-order valence-corrected chi connectivity index (χ0v) is 22.5. The lowest BCUT2D eigenvalue weighted by Crippen LogP contribution is -2.26. The van der Waals surface area contributed by atoms with Crippen LogP contribution in [0.2, 0.25) is 0 Å². The number of aliphatic hydroxyl groups is 1. The lowest BCUT2D eigenvalue weighted by molar-refractivity contribution is -0.132. The monoisotopic (exact) mass is 477 g/mol. The minimum absolute atomic E-state index is 0.118. The van der Waals surface area contributed by atoms with Crippen molar-refractivity contribution in [2.45, 2.75) is 92.6 Å². The van der Waals surface area contributed by atoms with Gasteiger partial charge in [-0.15, -0.1) is 11.3 Å². The number of rotatable bonds is 12. The fourth-order valence-electron chi connectivity index (χ4n) is 3.96. The van der Waals surface area contributed by atoms with E-state index in [9.17, 15) is 9.90 Å². The highest BCUT2D eigenvalue weighted by atomic mass is 32.1. The molecule has 5 nitrogen and oxygen atoms in total. The second kappa shape index (κ2) is 12.5. The van der Waals surface area contributed by atoms with Crippen LogP contribution in [0, 0.1) is 12.3 Å². The molecule has 1 heterocycles. The van der Waals surface area contributed by atoms with Crippen molar-refractivity contribution in [1.82, 2.24) is 5.48 Å². The summed E-state index contributed by atoms with van der Waals surface area (Å²) in [6, 6.07) is 2.31. The van der Waals surface area contributed by atoms with Crippen molar-refractivity contribution in [3.8, 4) is 0 Å². The van der Waals surface area contributed by atoms with Crippen molar-refractivity contribution >= 4 is 17.2 Å². The second-order valence-corrected chi connectivity index (χ2v) is 10.9. The molecule has 1 atom stereocenters. The molecule has 0 aromatic carbocycles. The summed E-state index contributed by atoms with van der Waals surface area (Å²) in [5, 5.41) is 19.2. The molecule has 1 aromatic heterocycles. The Bertz CT molecular complexity index is 869. The van der Waals surface area contributed by atoms with Crippen LogP contribution < -0.4 is 5.48 Å². The minimum atomic E-state index is -0.621. The third kappa shape index (κ3) is 7.56. The van der Waals surface area contributed by atoms with Crippen LogP contribution in [-0.4, -0.2) is 28.9 Å². The molecule has 0 fully saturated rings. The van der Waals surface area contributed by atoms with Crippen LogP contribution >= 0.6 is 11.3 Å². The Labute approximate surface area is 204 Å². The summed E-state index contributed by atoms with van der Waals surface area (Å²) >= 11 is 1.85. The number of aliphatic hydroxyl groups excluding tert-OH is 1. The van der Waals surface area contributed by atoms with Crippen LogP contribution in [0.3, 0.4) is 0 Å². The van der Waals surface area contributed by atoms with Gasteiger partial charge in [-0.05, 0) is 74.6 Å². The molecule has 6 heteroatoms. The largest absolute Gasteiger partial charge is 0.484 e. The molecule has 0 spiro atoms. The first-order chi connectivity index (χ1) is 15.4. The van der Waals surface area contributed by atoms with Gasteiger partial charge in [0.2, 0.25) is 0 Å². The van der Waals surface area contributed by atoms with Crippen molar-refractivity contribution in [1.29, 1.82) is 0 Å². The smallest absolute Gasteiger partial charge is 0.281 e. The quantitative estimate of drug-likeness (QED) is 0.141. The standard InChI is InChI=1S/C27H43NO4S/c1-10-21(15-18(4)20(6)32-17-25(30)28-31)27(11-2,12-3)24-16-19(5)22(33-24)13-14-23(29)26(7,8)9/h10,15-16,23,29,31H,6,11-14,17H2,1-5,7-9H3,(H,28,30)/b18-15-,21-10+. The van der Waals surface area contributed by atoms with Gasteiger partial charge in [-0.1, -0.05) is 53.3 Å². The van der Waals surface area contributed by atoms with E-state index in [2.05, 4.69) is 66.3 Å². The molecule has 3 N–H and O–H groups in total. The highest BCUT2D eigenvalue weighted by molar-refractivity contribution is 7.12. The normalized spacial score (nSPS) is 14.2. The fourth-order valence-corrected chi connectivity index (χ4v) is 5.51. The van der Waals surface area contributed by atoms with E-state index >= 15 is 0 Å². The van der Waals surface area contributed by atoms with E-state index in [-0.39, 0.29) is 23.5 Å². The number of hydroxylamine groups is 1. The van der Waals surface area contributed by atoms with Gasteiger partial charge in [0.25, 0.3) is 5.91 Å². The van der Waals surface area contributed by atoms with E-state index in [0.717, 1.165) is 31.3 Å². The lowest BCUT2D eigenvalue weighted by atomic mass is 9.73. The van der Waals surface area contributed by atoms with Crippen molar-refractivity contribution < 1.29 is 19.8 Å². The predicted molar refractivity (Wildman–Crippen MR) is 138 cm³/mol. The summed E-state index contributed by atoms with van der Waals surface area (Å²) in [7, 11) is 0. The molecule has 1 amide bonds. The lowest BCUT2D eigenvalue weighted by Gasteiger charge is -2.33. The number of nitrogens with one attached hydrogen (secondary N) is 1. The van der Waals surface area contributed by atoms with E-state index < -0.39 is 5.91 Å². The molecule has 0 bridgehead atoms. The number of carbonyl (C=O) groups is 1. The molecule has 0 radical (unpaired) electrons. The summed E-state index contributed by atoms with van der Waals surface area (Å²) in [5.74, 6) is -0.219. The average Bonchev–Trinajstić information content (AvgIpc) is 3.15. The Morgan fingerprint density at radius 2 is 1.91 bits per heavy atom. The number of aryl methyl sites for hydroxylation is 2. The molecule has 33 heavy (non-hydrogen) atoms. The van der Waals surface area contributed by atoms with Gasteiger partial charge in [0.05, 0.1) is 6.10 Å². The number of ether oxygens (including phenoxy) is 1. The Morgan fingerprint density at radius 3 is 2.39 bits per heavy atom. The number of allylic oxidation sites excluding steroid dienone is 4. The summed E-state index contributed by atoms with van der Waals surface area (Å²) in [6.45, 7) is 20.4. The van der Waals surface area contributed by atoms with Gasteiger partial charge in [-0.2, -0.15) is 0 Å². The molecule has 0 aliphatic rings. The minimum Gasteiger partial charge on any atom is -0.484 e. The van der Waals surface area contributed by atoms with E-state index in [1.165, 1.54) is 20.9 Å². The highest BCUT2D eigenvalue weighted by Gasteiger charge is 2.34. The van der Waals surface area contributed by atoms with Gasteiger partial charge in [0, 0.05) is 15.2 Å². The van der Waals surface area contributed by atoms with Crippen molar-refractivity contribution in [3.05, 3.63) is 57.0 Å². The fraction of sp³-hybridized carbons (Fsp3) is 0.593. The Kier molecular flexibility index (Phi) is 11.1.